The molecule has 1 N–H and O–H groups in total. The van der Waals surface area contributed by atoms with Gasteiger partial charge in [0.05, 0.1) is 0 Å². The quantitative estimate of drug-likeness (QED) is 0.557. The summed E-state index contributed by atoms with van der Waals surface area (Å²) in [5.41, 5.74) is 1.04. The maximum atomic E-state index is 11.7. The first-order chi connectivity index (χ1) is 13.2. The maximum absolute atomic E-state index is 11.7. The van der Waals surface area contributed by atoms with Crippen molar-refractivity contribution >= 4 is 35.3 Å². The van der Waals surface area contributed by atoms with Gasteiger partial charge in [-0.1, -0.05) is 35.5 Å². The molecular formula is C19H19ClN4O3S. The standard InChI is InChI=1S/C19H19ClN4O3S/c1-19(2,3)24(18(25)26)15-10-13(8-9-21-15)16-22-23-17(27-16)28-11-12-4-6-14(20)7-5-12/h4-10H,11H2,1-3H3,(H,25,26). The summed E-state index contributed by atoms with van der Waals surface area (Å²) in [5.74, 6) is 1.27. The van der Waals surface area contributed by atoms with Crippen molar-refractivity contribution in [2.45, 2.75) is 37.3 Å². The first-order valence-corrected chi connectivity index (χ1v) is 9.81. The molecule has 7 nitrogen and oxygen atoms in total. The summed E-state index contributed by atoms with van der Waals surface area (Å²) >= 11 is 7.30. The molecule has 0 aliphatic heterocycles. The number of hydrogen-bond donors (Lipinski definition) is 1. The number of hydrogen-bond acceptors (Lipinski definition) is 6. The highest BCUT2D eigenvalue weighted by molar-refractivity contribution is 7.98. The Morgan fingerprint density at radius 2 is 1.93 bits per heavy atom. The van der Waals surface area contributed by atoms with E-state index in [1.165, 1.54) is 22.9 Å². The fourth-order valence-corrected chi connectivity index (χ4v) is 3.36. The second-order valence-corrected chi connectivity index (χ2v) is 8.34. The van der Waals surface area contributed by atoms with Crippen LogP contribution in [0.1, 0.15) is 26.3 Å². The van der Waals surface area contributed by atoms with E-state index in [-0.39, 0.29) is 0 Å². The number of anilines is 1. The molecule has 0 atom stereocenters. The van der Waals surface area contributed by atoms with Crippen LogP contribution in [0, 0.1) is 0 Å². The zero-order valence-electron chi connectivity index (χ0n) is 15.6. The molecule has 2 aromatic heterocycles. The number of nitrogens with zero attached hydrogens (tertiary/aromatic N) is 4. The minimum atomic E-state index is -1.08. The first-order valence-electron chi connectivity index (χ1n) is 8.44. The number of carboxylic acid groups (broad SMARTS) is 1. The summed E-state index contributed by atoms with van der Waals surface area (Å²) in [4.78, 5) is 17.0. The van der Waals surface area contributed by atoms with Crippen LogP contribution in [0.15, 0.2) is 52.2 Å². The number of pyridine rings is 1. The zero-order chi connectivity index (χ0) is 20.3. The van der Waals surface area contributed by atoms with Gasteiger partial charge in [-0.25, -0.2) is 9.78 Å². The third kappa shape index (κ3) is 4.82. The minimum absolute atomic E-state index is 0.297. The molecule has 0 saturated heterocycles. The Bertz CT molecular complexity index is 970. The molecule has 0 saturated carbocycles. The molecule has 9 heteroatoms. The summed E-state index contributed by atoms with van der Waals surface area (Å²) in [6.07, 6.45) is 0.443. The van der Waals surface area contributed by atoms with E-state index in [0.717, 1.165) is 5.56 Å². The third-order valence-corrected chi connectivity index (χ3v) is 4.91. The Hall–Kier alpha value is -2.58. The number of thioether (sulfide) groups is 1. The smallest absolute Gasteiger partial charge is 0.413 e. The molecule has 0 radical (unpaired) electrons. The lowest BCUT2D eigenvalue weighted by atomic mass is 10.1. The van der Waals surface area contributed by atoms with Crippen LogP contribution < -0.4 is 4.90 Å². The van der Waals surface area contributed by atoms with E-state index in [0.29, 0.717) is 33.3 Å². The van der Waals surface area contributed by atoms with Crippen LogP contribution in [0.5, 0.6) is 0 Å². The van der Waals surface area contributed by atoms with Crippen LogP contribution in [-0.2, 0) is 5.75 Å². The fraction of sp³-hybridized carbons (Fsp3) is 0.263. The van der Waals surface area contributed by atoms with Crippen LogP contribution in [0.25, 0.3) is 11.5 Å². The monoisotopic (exact) mass is 418 g/mol. The molecule has 3 aromatic rings. The van der Waals surface area contributed by atoms with E-state index in [1.807, 2.05) is 24.3 Å². The van der Waals surface area contributed by atoms with Crippen molar-refractivity contribution in [1.29, 1.82) is 0 Å². The van der Waals surface area contributed by atoms with Gasteiger partial charge in [-0.3, -0.25) is 4.90 Å². The number of halogens is 1. The molecule has 0 aliphatic carbocycles. The largest absolute Gasteiger partial charge is 0.465 e. The van der Waals surface area contributed by atoms with Gasteiger partial charge in [0.25, 0.3) is 5.22 Å². The van der Waals surface area contributed by atoms with Crippen LogP contribution >= 0.6 is 23.4 Å². The van der Waals surface area contributed by atoms with Crippen LogP contribution in [-0.4, -0.2) is 31.9 Å². The van der Waals surface area contributed by atoms with Gasteiger partial charge >= 0.3 is 6.09 Å². The van der Waals surface area contributed by atoms with Gasteiger partial charge in [0.2, 0.25) is 5.89 Å². The molecule has 28 heavy (non-hydrogen) atoms. The molecule has 0 unspecified atom stereocenters. The van der Waals surface area contributed by atoms with Gasteiger partial charge in [-0.15, -0.1) is 10.2 Å². The van der Waals surface area contributed by atoms with E-state index < -0.39 is 11.6 Å². The Kier molecular flexibility index (Phi) is 5.90. The van der Waals surface area contributed by atoms with Gasteiger partial charge in [0.15, 0.2) is 0 Å². The normalized spacial score (nSPS) is 11.4. The van der Waals surface area contributed by atoms with E-state index in [1.54, 1.807) is 32.9 Å². The summed E-state index contributed by atoms with van der Waals surface area (Å²) in [6.45, 7) is 5.40. The summed E-state index contributed by atoms with van der Waals surface area (Å²) < 4.78 is 5.72. The Morgan fingerprint density at radius 3 is 2.57 bits per heavy atom. The number of rotatable bonds is 5. The lowest BCUT2D eigenvalue weighted by Crippen LogP contribution is -2.45. The van der Waals surface area contributed by atoms with Gasteiger partial charge in [-0.05, 0) is 50.6 Å². The van der Waals surface area contributed by atoms with Gasteiger partial charge in [0.1, 0.15) is 5.82 Å². The highest BCUT2D eigenvalue weighted by atomic mass is 35.5. The molecular weight excluding hydrogens is 400 g/mol. The predicted molar refractivity (Wildman–Crippen MR) is 109 cm³/mol. The molecule has 0 fully saturated rings. The zero-order valence-corrected chi connectivity index (χ0v) is 17.2. The SMILES string of the molecule is CC(C)(C)N(C(=O)O)c1cc(-c2nnc(SCc3ccc(Cl)cc3)o2)ccn1. The third-order valence-electron chi connectivity index (χ3n) is 3.77. The minimum Gasteiger partial charge on any atom is -0.465 e. The number of amides is 1. The number of aromatic nitrogens is 3. The van der Waals surface area contributed by atoms with Crippen LogP contribution in [0.4, 0.5) is 10.6 Å². The predicted octanol–water partition coefficient (Wildman–Crippen LogP) is 5.36. The molecule has 0 spiro atoms. The van der Waals surface area contributed by atoms with Crippen LogP contribution in [0.3, 0.4) is 0 Å². The highest BCUT2D eigenvalue weighted by Gasteiger charge is 2.29. The lowest BCUT2D eigenvalue weighted by molar-refractivity contribution is 0.195. The first kappa shape index (κ1) is 20.2. The van der Waals surface area contributed by atoms with Crippen molar-refractivity contribution in [3.63, 3.8) is 0 Å². The molecule has 0 aliphatic rings. The van der Waals surface area contributed by atoms with Crippen molar-refractivity contribution in [2.24, 2.45) is 0 Å². The second kappa shape index (κ2) is 8.20. The fourth-order valence-electron chi connectivity index (χ4n) is 2.51. The van der Waals surface area contributed by atoms with Gasteiger partial charge in [-0.2, -0.15) is 0 Å². The van der Waals surface area contributed by atoms with Crippen molar-refractivity contribution in [1.82, 2.24) is 15.2 Å². The van der Waals surface area contributed by atoms with Gasteiger partial charge < -0.3 is 9.52 Å². The van der Waals surface area contributed by atoms with Crippen molar-refractivity contribution in [2.75, 3.05) is 4.90 Å². The molecule has 3 rings (SSSR count). The van der Waals surface area contributed by atoms with Gasteiger partial charge in [0, 0.05) is 28.1 Å². The van der Waals surface area contributed by atoms with Crippen molar-refractivity contribution in [3.8, 4) is 11.5 Å². The number of benzene rings is 1. The second-order valence-electron chi connectivity index (χ2n) is 6.98. The molecule has 0 bridgehead atoms. The molecule has 146 valence electrons. The Balaban J connectivity index is 1.77. The van der Waals surface area contributed by atoms with E-state index >= 15 is 0 Å². The average molecular weight is 419 g/mol. The molecule has 2 heterocycles. The Labute approximate surface area is 171 Å². The topological polar surface area (TPSA) is 92.4 Å². The van der Waals surface area contributed by atoms with Crippen molar-refractivity contribution in [3.05, 3.63) is 53.2 Å². The molecule has 1 amide bonds. The summed E-state index contributed by atoms with van der Waals surface area (Å²) in [6, 6.07) is 10.9. The highest BCUT2D eigenvalue weighted by Crippen LogP contribution is 2.29. The summed E-state index contributed by atoms with van der Waals surface area (Å²) in [5, 5.41) is 18.8. The van der Waals surface area contributed by atoms with E-state index in [9.17, 15) is 9.90 Å². The molecule has 1 aromatic carbocycles. The number of carbonyl (C=O) groups is 1. The summed E-state index contributed by atoms with van der Waals surface area (Å²) in [7, 11) is 0. The van der Waals surface area contributed by atoms with Crippen LogP contribution in [0.2, 0.25) is 5.02 Å². The Morgan fingerprint density at radius 1 is 1.21 bits per heavy atom. The van der Waals surface area contributed by atoms with Crippen molar-refractivity contribution < 1.29 is 14.3 Å². The van der Waals surface area contributed by atoms with E-state index in [2.05, 4.69) is 15.2 Å². The average Bonchev–Trinajstić information content (AvgIpc) is 3.09. The maximum Gasteiger partial charge on any atom is 0.413 e. The van der Waals surface area contributed by atoms with E-state index in [4.69, 9.17) is 16.0 Å². The lowest BCUT2D eigenvalue weighted by Gasteiger charge is -2.32.